The van der Waals surface area contributed by atoms with Gasteiger partial charge < -0.3 is 4.74 Å². The van der Waals surface area contributed by atoms with Crippen molar-refractivity contribution in [1.82, 2.24) is 14.2 Å². The zero-order chi connectivity index (χ0) is 25.1. The summed E-state index contributed by atoms with van der Waals surface area (Å²) in [5.41, 5.74) is 0.278. The number of ether oxygens (including phenoxy) is 1. The molecule has 2 fully saturated rings. The average Bonchev–Trinajstić information content (AvgIpc) is 3.59. The molecule has 0 radical (unpaired) electrons. The van der Waals surface area contributed by atoms with Gasteiger partial charge in [0, 0.05) is 45.2 Å². The van der Waals surface area contributed by atoms with Gasteiger partial charge in [-0.3, -0.25) is 14.6 Å². The topological polar surface area (TPSA) is 83.1 Å². The van der Waals surface area contributed by atoms with Crippen LogP contribution in [0.15, 0.2) is 39.9 Å². The number of rotatable bonds is 8. The number of nitrogens with zero attached hydrogens (tertiary/aromatic N) is 4. The first-order valence-corrected chi connectivity index (χ1v) is 15.3. The standard InChI is InChI=1S/C24H29FN4O4S3/c25-19-4-1-5-20-22(19)26-24(35-20)29(10-3-9-27-13-15-33-16-14-27)23(30)18-7-11-28(12-8-18)36(31,32)21-6-2-17-34-21/h1-2,4-6,17-18H,3,7-16H2. The molecule has 2 saturated heterocycles. The number of morpholine rings is 1. The summed E-state index contributed by atoms with van der Waals surface area (Å²) in [5.74, 6) is -0.771. The molecule has 12 heteroatoms. The summed E-state index contributed by atoms with van der Waals surface area (Å²) in [5, 5.41) is 2.24. The molecule has 0 N–H and O–H groups in total. The summed E-state index contributed by atoms with van der Waals surface area (Å²) in [7, 11) is -3.53. The van der Waals surface area contributed by atoms with Gasteiger partial charge in [0.15, 0.2) is 5.13 Å². The largest absolute Gasteiger partial charge is 0.379 e. The highest BCUT2D eigenvalue weighted by Gasteiger charge is 2.35. The Bertz CT molecular complexity index is 1280. The van der Waals surface area contributed by atoms with Crippen molar-refractivity contribution in [3.05, 3.63) is 41.5 Å². The van der Waals surface area contributed by atoms with Crippen molar-refractivity contribution in [2.24, 2.45) is 5.92 Å². The van der Waals surface area contributed by atoms with E-state index in [2.05, 4.69) is 9.88 Å². The zero-order valence-electron chi connectivity index (χ0n) is 19.8. The first kappa shape index (κ1) is 25.7. The fraction of sp³-hybridized carbons (Fsp3) is 0.500. The lowest BCUT2D eigenvalue weighted by atomic mass is 9.96. The third-order valence-electron chi connectivity index (χ3n) is 6.71. The molecule has 4 heterocycles. The number of thiophene rings is 1. The van der Waals surface area contributed by atoms with Crippen molar-refractivity contribution in [1.29, 1.82) is 0 Å². The normalized spacial score (nSPS) is 18.6. The molecule has 0 saturated carbocycles. The van der Waals surface area contributed by atoms with Gasteiger partial charge in [-0.2, -0.15) is 4.31 Å². The van der Waals surface area contributed by atoms with Crippen LogP contribution in [-0.4, -0.2) is 81.0 Å². The Hall–Kier alpha value is -1.96. The van der Waals surface area contributed by atoms with Gasteiger partial charge in [0.1, 0.15) is 15.5 Å². The summed E-state index contributed by atoms with van der Waals surface area (Å²) >= 11 is 2.52. The second kappa shape index (κ2) is 11.2. The minimum atomic E-state index is -3.53. The van der Waals surface area contributed by atoms with Crippen LogP contribution in [0, 0.1) is 11.7 Å². The number of carbonyl (C=O) groups excluding carboxylic acids is 1. The van der Waals surface area contributed by atoms with Crippen molar-refractivity contribution < 1.29 is 22.3 Å². The van der Waals surface area contributed by atoms with Crippen LogP contribution in [-0.2, 0) is 19.6 Å². The summed E-state index contributed by atoms with van der Waals surface area (Å²) in [4.78, 5) is 22.2. The molecule has 1 amide bonds. The van der Waals surface area contributed by atoms with Crippen molar-refractivity contribution in [3.63, 3.8) is 0 Å². The number of piperidine rings is 1. The fourth-order valence-corrected chi connectivity index (χ4v) is 8.32. The molecule has 0 atom stereocenters. The van der Waals surface area contributed by atoms with Gasteiger partial charge in [0.25, 0.3) is 10.0 Å². The maximum atomic E-state index is 14.3. The molecule has 0 bridgehead atoms. The van der Waals surface area contributed by atoms with Gasteiger partial charge in [-0.25, -0.2) is 17.8 Å². The predicted molar refractivity (Wildman–Crippen MR) is 140 cm³/mol. The lowest BCUT2D eigenvalue weighted by Gasteiger charge is -2.33. The minimum absolute atomic E-state index is 0.0652. The van der Waals surface area contributed by atoms with E-state index >= 15 is 0 Å². The Kier molecular flexibility index (Phi) is 7.99. The van der Waals surface area contributed by atoms with E-state index in [9.17, 15) is 17.6 Å². The van der Waals surface area contributed by atoms with Crippen LogP contribution < -0.4 is 4.90 Å². The van der Waals surface area contributed by atoms with Crippen molar-refractivity contribution in [2.45, 2.75) is 23.5 Å². The molecule has 5 rings (SSSR count). The SMILES string of the molecule is O=C(C1CCN(S(=O)(=O)c2cccs2)CC1)N(CCCN1CCOCC1)c1nc2c(F)cccc2s1. The van der Waals surface area contributed by atoms with E-state index in [1.165, 1.54) is 33.0 Å². The molecule has 2 aliphatic rings. The van der Waals surface area contributed by atoms with Gasteiger partial charge >= 0.3 is 0 Å². The molecule has 2 aromatic heterocycles. The fourth-order valence-electron chi connectivity index (χ4n) is 4.70. The van der Waals surface area contributed by atoms with E-state index in [-0.39, 0.29) is 17.3 Å². The molecule has 194 valence electrons. The smallest absolute Gasteiger partial charge is 0.252 e. The maximum absolute atomic E-state index is 14.3. The molecule has 3 aromatic rings. The van der Waals surface area contributed by atoms with E-state index in [1.807, 2.05) is 6.07 Å². The summed E-state index contributed by atoms with van der Waals surface area (Å²) in [6.07, 6.45) is 1.65. The van der Waals surface area contributed by atoms with Gasteiger partial charge in [0.05, 0.1) is 17.9 Å². The number of para-hydroxylation sites is 1. The molecule has 2 aliphatic heterocycles. The van der Waals surface area contributed by atoms with Crippen LogP contribution in [0.25, 0.3) is 10.2 Å². The van der Waals surface area contributed by atoms with Gasteiger partial charge in [0.2, 0.25) is 5.91 Å². The molecule has 8 nitrogen and oxygen atoms in total. The number of halogens is 1. The molecule has 36 heavy (non-hydrogen) atoms. The first-order chi connectivity index (χ1) is 17.4. The molecule has 0 unspecified atom stereocenters. The van der Waals surface area contributed by atoms with Crippen LogP contribution in [0.1, 0.15) is 19.3 Å². The second-order valence-electron chi connectivity index (χ2n) is 8.99. The average molecular weight is 553 g/mol. The number of hydrogen-bond acceptors (Lipinski definition) is 8. The quantitative estimate of drug-likeness (QED) is 0.424. The van der Waals surface area contributed by atoms with Crippen LogP contribution in [0.3, 0.4) is 0 Å². The minimum Gasteiger partial charge on any atom is -0.379 e. The second-order valence-corrected chi connectivity index (χ2v) is 13.1. The molecule has 1 aromatic carbocycles. The molecule has 0 aliphatic carbocycles. The summed E-state index contributed by atoms with van der Waals surface area (Å²) < 4.78 is 48.0. The summed E-state index contributed by atoms with van der Waals surface area (Å²) in [6.45, 7) is 5.09. The van der Waals surface area contributed by atoms with E-state index in [4.69, 9.17) is 4.74 Å². The predicted octanol–water partition coefficient (Wildman–Crippen LogP) is 3.65. The Morgan fingerprint density at radius 1 is 1.14 bits per heavy atom. The highest BCUT2D eigenvalue weighted by Crippen LogP contribution is 2.33. The van der Waals surface area contributed by atoms with E-state index in [1.54, 1.807) is 28.5 Å². The molecular weight excluding hydrogens is 523 g/mol. The Balaban J connectivity index is 1.30. The highest BCUT2D eigenvalue weighted by atomic mass is 32.2. The first-order valence-electron chi connectivity index (χ1n) is 12.1. The molecular formula is C24H29FN4O4S3. The number of carbonyl (C=O) groups is 1. The van der Waals surface area contributed by atoms with Crippen LogP contribution in [0.4, 0.5) is 9.52 Å². The van der Waals surface area contributed by atoms with E-state index in [0.717, 1.165) is 26.1 Å². The maximum Gasteiger partial charge on any atom is 0.252 e. The lowest BCUT2D eigenvalue weighted by Crippen LogP contribution is -2.45. The van der Waals surface area contributed by atoms with Crippen molar-refractivity contribution >= 4 is 54.0 Å². The van der Waals surface area contributed by atoms with Crippen LogP contribution in [0.5, 0.6) is 0 Å². The van der Waals surface area contributed by atoms with Gasteiger partial charge in [-0.15, -0.1) is 11.3 Å². The van der Waals surface area contributed by atoms with Crippen molar-refractivity contribution in [3.8, 4) is 0 Å². The van der Waals surface area contributed by atoms with Crippen molar-refractivity contribution in [2.75, 3.05) is 57.4 Å². The number of hydrogen-bond donors (Lipinski definition) is 0. The molecule has 0 spiro atoms. The van der Waals surface area contributed by atoms with Crippen LogP contribution in [0.2, 0.25) is 0 Å². The van der Waals surface area contributed by atoms with E-state index in [0.29, 0.717) is 59.7 Å². The highest BCUT2D eigenvalue weighted by molar-refractivity contribution is 7.91. The Labute approximate surface area is 218 Å². The lowest BCUT2D eigenvalue weighted by molar-refractivity contribution is -0.123. The van der Waals surface area contributed by atoms with Crippen LogP contribution >= 0.6 is 22.7 Å². The third-order valence-corrected chi connectivity index (χ3v) is 11.0. The number of thiazole rings is 1. The number of fused-ring (bicyclic) bond motifs is 1. The monoisotopic (exact) mass is 552 g/mol. The van der Waals surface area contributed by atoms with Gasteiger partial charge in [-0.05, 0) is 42.8 Å². The number of sulfonamides is 1. The van der Waals surface area contributed by atoms with Gasteiger partial charge in [-0.1, -0.05) is 23.5 Å². The number of anilines is 1. The summed E-state index contributed by atoms with van der Waals surface area (Å²) in [6, 6.07) is 8.17. The van der Waals surface area contributed by atoms with E-state index < -0.39 is 15.8 Å². The zero-order valence-corrected chi connectivity index (χ0v) is 22.3. The number of aromatic nitrogens is 1. The Morgan fingerprint density at radius 3 is 2.61 bits per heavy atom. The third kappa shape index (κ3) is 5.48. The number of benzene rings is 1. The Morgan fingerprint density at radius 2 is 1.92 bits per heavy atom. The number of amides is 1.